The number of benzene rings is 1. The molecule has 3 heteroatoms. The third-order valence-electron chi connectivity index (χ3n) is 4.20. The van der Waals surface area contributed by atoms with Crippen LogP contribution in [-0.2, 0) is 6.54 Å². The van der Waals surface area contributed by atoms with E-state index in [1.807, 2.05) is 0 Å². The van der Waals surface area contributed by atoms with Crippen LogP contribution in [0.25, 0.3) is 0 Å². The molecule has 2 atom stereocenters. The van der Waals surface area contributed by atoms with E-state index in [1.165, 1.54) is 30.6 Å². The largest absolute Gasteiger partial charge is 0.310 e. The number of hydrogen-bond acceptors (Lipinski definition) is 2. The van der Waals surface area contributed by atoms with Gasteiger partial charge in [-0.25, -0.2) is 0 Å². The molecule has 1 aliphatic rings. The van der Waals surface area contributed by atoms with Crippen molar-refractivity contribution in [3.05, 3.63) is 29.8 Å². The van der Waals surface area contributed by atoms with Crippen molar-refractivity contribution in [2.24, 2.45) is 0 Å². The lowest BCUT2D eigenvalue weighted by molar-refractivity contribution is 0.525. The molecule has 2 unspecified atom stereocenters. The van der Waals surface area contributed by atoms with Crippen molar-refractivity contribution in [1.29, 1.82) is 0 Å². The summed E-state index contributed by atoms with van der Waals surface area (Å²) in [6.45, 7) is 10.5. The van der Waals surface area contributed by atoms with Gasteiger partial charge in [-0.1, -0.05) is 56.0 Å². The topological polar surface area (TPSA) is 12.0 Å². The van der Waals surface area contributed by atoms with Crippen molar-refractivity contribution >= 4 is 25.0 Å². The summed E-state index contributed by atoms with van der Waals surface area (Å²) in [5.74, 6) is 1.26. The van der Waals surface area contributed by atoms with E-state index in [2.05, 4.69) is 67.9 Å². The van der Waals surface area contributed by atoms with Crippen molar-refractivity contribution in [2.75, 3.05) is 5.75 Å². The molecule has 2 rings (SSSR count). The maximum absolute atomic E-state index is 3.74. The van der Waals surface area contributed by atoms with E-state index < -0.39 is 8.07 Å². The number of thioether (sulfide) groups is 1. The van der Waals surface area contributed by atoms with Crippen molar-refractivity contribution in [2.45, 2.75) is 63.7 Å². The summed E-state index contributed by atoms with van der Waals surface area (Å²) >= 11 is 2.13. The summed E-state index contributed by atoms with van der Waals surface area (Å²) in [5.41, 5.74) is 1.43. The molecule has 0 aromatic heterocycles. The molecule has 1 N–H and O–H groups in total. The second-order valence-electron chi connectivity index (χ2n) is 6.92. The van der Waals surface area contributed by atoms with Crippen LogP contribution in [0.3, 0.4) is 0 Å². The van der Waals surface area contributed by atoms with E-state index in [0.717, 1.165) is 17.8 Å². The summed E-state index contributed by atoms with van der Waals surface area (Å²) in [5, 5.41) is 6.19. The average molecular weight is 308 g/mol. The average Bonchev–Trinajstić information content (AvgIpc) is 2.84. The molecule has 0 aliphatic heterocycles. The molecule has 1 nitrogen and oxygen atoms in total. The van der Waals surface area contributed by atoms with Gasteiger partial charge in [0.1, 0.15) is 0 Å². The van der Waals surface area contributed by atoms with Gasteiger partial charge in [0.2, 0.25) is 0 Å². The fourth-order valence-corrected chi connectivity index (χ4v) is 5.21. The van der Waals surface area contributed by atoms with E-state index >= 15 is 0 Å². The molecule has 1 aromatic carbocycles. The Morgan fingerprint density at radius 3 is 2.45 bits per heavy atom. The Morgan fingerprint density at radius 2 is 1.85 bits per heavy atom. The highest BCUT2D eigenvalue weighted by molar-refractivity contribution is 7.99. The minimum absolute atomic E-state index is 0.732. The monoisotopic (exact) mass is 307 g/mol. The van der Waals surface area contributed by atoms with Crippen molar-refractivity contribution in [1.82, 2.24) is 5.32 Å². The quantitative estimate of drug-likeness (QED) is 0.797. The van der Waals surface area contributed by atoms with E-state index in [9.17, 15) is 0 Å². The van der Waals surface area contributed by atoms with E-state index in [0.29, 0.717) is 0 Å². The summed E-state index contributed by atoms with van der Waals surface area (Å²) in [4.78, 5) is 0. The van der Waals surface area contributed by atoms with Gasteiger partial charge in [-0.2, -0.15) is 11.8 Å². The van der Waals surface area contributed by atoms with Crippen LogP contribution in [0.5, 0.6) is 0 Å². The van der Waals surface area contributed by atoms with Gasteiger partial charge in [0.25, 0.3) is 0 Å². The molecule has 112 valence electrons. The van der Waals surface area contributed by atoms with Crippen LogP contribution in [-0.4, -0.2) is 25.1 Å². The predicted octanol–water partition coefficient (Wildman–Crippen LogP) is 4.00. The molecule has 1 aromatic rings. The summed E-state index contributed by atoms with van der Waals surface area (Å²) in [7, 11) is -1.15. The Morgan fingerprint density at radius 1 is 1.15 bits per heavy atom. The van der Waals surface area contributed by atoms with Gasteiger partial charge in [-0.3, -0.25) is 0 Å². The van der Waals surface area contributed by atoms with Gasteiger partial charge in [0.15, 0.2) is 0 Å². The fourth-order valence-electron chi connectivity index (χ4n) is 2.90. The number of hydrogen-bond donors (Lipinski definition) is 1. The van der Waals surface area contributed by atoms with Crippen molar-refractivity contribution in [3.63, 3.8) is 0 Å². The van der Waals surface area contributed by atoms with Crippen LogP contribution in [0.1, 0.15) is 31.7 Å². The SMILES string of the molecule is CCSC1CCC(NCc2ccc([Si](C)(C)C)cc2)C1. The molecule has 20 heavy (non-hydrogen) atoms. The summed E-state index contributed by atoms with van der Waals surface area (Å²) < 4.78 is 0. The van der Waals surface area contributed by atoms with Crippen LogP contribution in [0, 0.1) is 0 Å². The summed E-state index contributed by atoms with van der Waals surface area (Å²) in [6.07, 6.45) is 4.10. The maximum atomic E-state index is 3.74. The summed E-state index contributed by atoms with van der Waals surface area (Å²) in [6, 6.07) is 10.0. The van der Waals surface area contributed by atoms with Gasteiger partial charge in [0, 0.05) is 17.8 Å². The smallest absolute Gasteiger partial charge is 0.0775 e. The lowest BCUT2D eigenvalue weighted by Crippen LogP contribution is -2.37. The first-order valence-electron chi connectivity index (χ1n) is 7.93. The second-order valence-corrected chi connectivity index (χ2v) is 13.6. The van der Waals surface area contributed by atoms with E-state index in [4.69, 9.17) is 0 Å². The zero-order valence-electron chi connectivity index (χ0n) is 13.4. The third kappa shape index (κ3) is 4.64. The Bertz CT molecular complexity index is 410. The normalized spacial score (nSPS) is 23.2. The zero-order valence-corrected chi connectivity index (χ0v) is 15.2. The third-order valence-corrected chi connectivity index (χ3v) is 7.50. The molecule has 0 radical (unpaired) electrons. The minimum atomic E-state index is -1.15. The van der Waals surface area contributed by atoms with Crippen LogP contribution in [0.2, 0.25) is 19.6 Å². The van der Waals surface area contributed by atoms with Gasteiger partial charge < -0.3 is 5.32 Å². The first kappa shape index (κ1) is 16.1. The lowest BCUT2D eigenvalue weighted by Gasteiger charge is -2.17. The highest BCUT2D eigenvalue weighted by Crippen LogP contribution is 2.29. The van der Waals surface area contributed by atoms with Crippen LogP contribution in [0.4, 0.5) is 0 Å². The first-order chi connectivity index (χ1) is 9.49. The predicted molar refractivity (Wildman–Crippen MR) is 95.8 cm³/mol. The maximum Gasteiger partial charge on any atom is 0.0775 e. The number of nitrogens with one attached hydrogen (secondary N) is 1. The standard InChI is InChI=1S/C17H29NSSi/c1-5-19-16-9-8-15(12-16)18-13-14-6-10-17(11-7-14)20(2,3)4/h6-7,10-11,15-16,18H,5,8-9,12-13H2,1-4H3. The van der Waals surface area contributed by atoms with Crippen LogP contribution < -0.4 is 10.5 Å². The molecule has 0 amide bonds. The first-order valence-corrected chi connectivity index (χ1v) is 12.5. The molecule has 1 fully saturated rings. The van der Waals surface area contributed by atoms with E-state index in [1.54, 1.807) is 5.19 Å². The van der Waals surface area contributed by atoms with Crippen LogP contribution in [0.15, 0.2) is 24.3 Å². The van der Waals surface area contributed by atoms with E-state index in [-0.39, 0.29) is 0 Å². The second kappa shape index (κ2) is 7.14. The Hall–Kier alpha value is -0.253. The zero-order chi connectivity index (χ0) is 14.6. The van der Waals surface area contributed by atoms with Gasteiger partial charge in [-0.15, -0.1) is 0 Å². The van der Waals surface area contributed by atoms with Crippen molar-refractivity contribution in [3.8, 4) is 0 Å². The molecule has 0 bridgehead atoms. The Labute approximate surface area is 129 Å². The fraction of sp³-hybridized carbons (Fsp3) is 0.647. The van der Waals surface area contributed by atoms with Gasteiger partial charge in [-0.05, 0) is 30.6 Å². The molecule has 1 aliphatic carbocycles. The molecule has 0 saturated heterocycles. The molecule has 0 spiro atoms. The molecular weight excluding hydrogens is 278 g/mol. The molecular formula is C17H29NSSi. The van der Waals surface area contributed by atoms with Gasteiger partial charge >= 0.3 is 0 Å². The van der Waals surface area contributed by atoms with Crippen LogP contribution >= 0.6 is 11.8 Å². The Balaban J connectivity index is 1.80. The minimum Gasteiger partial charge on any atom is -0.310 e. The number of rotatable bonds is 6. The molecule has 1 saturated carbocycles. The highest BCUT2D eigenvalue weighted by Gasteiger charge is 2.23. The lowest BCUT2D eigenvalue weighted by atomic mass is 10.2. The van der Waals surface area contributed by atoms with Gasteiger partial charge in [0.05, 0.1) is 8.07 Å². The molecule has 0 heterocycles. The Kier molecular flexibility index (Phi) is 5.76. The highest BCUT2D eigenvalue weighted by atomic mass is 32.2. The van der Waals surface area contributed by atoms with Crippen molar-refractivity contribution < 1.29 is 0 Å².